The summed E-state index contributed by atoms with van der Waals surface area (Å²) in [6.45, 7) is 1.62. The number of carbonyl (C=O) groups is 2. The summed E-state index contributed by atoms with van der Waals surface area (Å²) < 4.78 is 5.92. The van der Waals surface area contributed by atoms with Gasteiger partial charge in [0.25, 0.3) is 5.91 Å². The van der Waals surface area contributed by atoms with Gasteiger partial charge in [-0.15, -0.1) is 0 Å². The first-order valence-electron chi connectivity index (χ1n) is 8.37. The molecule has 2 aromatic rings. The van der Waals surface area contributed by atoms with E-state index in [0.717, 1.165) is 5.56 Å². The number of nitrogens with one attached hydrogen (secondary N) is 2. The highest BCUT2D eigenvalue weighted by atomic mass is 35.5. The first kappa shape index (κ1) is 19.6. The summed E-state index contributed by atoms with van der Waals surface area (Å²) in [5, 5.41) is 16.1. The Kier molecular flexibility index (Phi) is 6.34. The van der Waals surface area contributed by atoms with Gasteiger partial charge in [-0.05, 0) is 35.9 Å². The number of amides is 1. The molecule has 2 unspecified atom stereocenters. The summed E-state index contributed by atoms with van der Waals surface area (Å²) in [6.07, 6.45) is -0.415. The van der Waals surface area contributed by atoms with Crippen LogP contribution in [0.2, 0.25) is 10.0 Å². The number of carbonyl (C=O) groups excluding carboxylic acids is 1. The molecule has 8 heteroatoms. The zero-order chi connectivity index (χ0) is 19.4. The minimum atomic E-state index is -1.09. The van der Waals surface area contributed by atoms with Gasteiger partial charge in [-0.2, -0.15) is 0 Å². The molecule has 0 radical (unpaired) electrons. The summed E-state index contributed by atoms with van der Waals surface area (Å²) in [7, 11) is 0. The van der Waals surface area contributed by atoms with Crippen LogP contribution in [0.4, 0.5) is 0 Å². The van der Waals surface area contributed by atoms with Gasteiger partial charge in [-0.1, -0.05) is 35.3 Å². The lowest BCUT2D eigenvalue weighted by molar-refractivity contribution is 0.0417. The lowest BCUT2D eigenvalue weighted by Crippen LogP contribution is -2.44. The molecule has 0 aromatic heterocycles. The molecule has 3 N–H and O–H groups in total. The number of halogens is 2. The lowest BCUT2D eigenvalue weighted by Gasteiger charge is -2.26. The van der Waals surface area contributed by atoms with Crippen molar-refractivity contribution in [2.45, 2.75) is 12.1 Å². The molecule has 0 bridgehead atoms. The molecule has 1 amide bonds. The average molecular weight is 409 g/mol. The van der Waals surface area contributed by atoms with Crippen molar-refractivity contribution >= 4 is 35.1 Å². The Labute approximate surface area is 166 Å². The SMILES string of the molecule is O=C(O)c1cccc(C(=O)NC2CNCCOC2c2ccc(Cl)c(Cl)c2)c1. The fourth-order valence-corrected chi connectivity index (χ4v) is 3.24. The van der Waals surface area contributed by atoms with Crippen LogP contribution in [0.3, 0.4) is 0 Å². The standard InChI is InChI=1S/C19H18Cl2N2O4/c20-14-5-4-11(9-15(14)21)17-16(10-22-6-7-27-17)23-18(24)12-2-1-3-13(8-12)19(25)26/h1-5,8-9,16-17,22H,6-7,10H2,(H,23,24)(H,25,26). The van der Waals surface area contributed by atoms with Crippen LogP contribution in [0, 0.1) is 0 Å². The van der Waals surface area contributed by atoms with Gasteiger partial charge >= 0.3 is 5.97 Å². The molecule has 3 rings (SSSR count). The Bertz CT molecular complexity index is 859. The first-order valence-corrected chi connectivity index (χ1v) is 9.13. The van der Waals surface area contributed by atoms with Gasteiger partial charge in [0, 0.05) is 18.7 Å². The van der Waals surface area contributed by atoms with Gasteiger partial charge in [0.1, 0.15) is 6.10 Å². The van der Waals surface area contributed by atoms with Gasteiger partial charge in [0.05, 0.1) is 28.3 Å². The predicted molar refractivity (Wildman–Crippen MR) is 103 cm³/mol. The molecule has 1 fully saturated rings. The second kappa shape index (κ2) is 8.71. The number of carboxylic acid groups (broad SMARTS) is 1. The van der Waals surface area contributed by atoms with E-state index in [-0.39, 0.29) is 23.1 Å². The number of benzene rings is 2. The molecule has 6 nitrogen and oxygen atoms in total. The molecule has 1 saturated heterocycles. The molecular weight excluding hydrogens is 391 g/mol. The normalized spacial score (nSPS) is 19.9. The molecule has 142 valence electrons. The molecule has 1 heterocycles. The second-order valence-electron chi connectivity index (χ2n) is 6.13. The fraction of sp³-hybridized carbons (Fsp3) is 0.263. The average Bonchev–Trinajstić information content (AvgIpc) is 2.89. The zero-order valence-corrected chi connectivity index (χ0v) is 15.8. The Hall–Kier alpha value is -2.12. The van der Waals surface area contributed by atoms with Crippen molar-refractivity contribution in [2.24, 2.45) is 0 Å². The van der Waals surface area contributed by atoms with E-state index >= 15 is 0 Å². The number of hydrogen-bond acceptors (Lipinski definition) is 4. The summed E-state index contributed by atoms with van der Waals surface area (Å²) in [5.41, 5.74) is 1.13. The highest BCUT2D eigenvalue weighted by molar-refractivity contribution is 6.42. The Morgan fingerprint density at radius 1 is 1.11 bits per heavy atom. The van der Waals surface area contributed by atoms with Gasteiger partial charge in [-0.25, -0.2) is 4.79 Å². The van der Waals surface area contributed by atoms with E-state index in [1.54, 1.807) is 18.2 Å². The van der Waals surface area contributed by atoms with Crippen LogP contribution < -0.4 is 10.6 Å². The fourth-order valence-electron chi connectivity index (χ4n) is 2.93. The summed E-state index contributed by atoms with van der Waals surface area (Å²) in [5.74, 6) is -1.46. The van der Waals surface area contributed by atoms with Crippen molar-refractivity contribution in [1.29, 1.82) is 0 Å². The Morgan fingerprint density at radius 2 is 1.89 bits per heavy atom. The highest BCUT2D eigenvalue weighted by Gasteiger charge is 2.28. The highest BCUT2D eigenvalue weighted by Crippen LogP contribution is 2.29. The Balaban J connectivity index is 1.83. The van der Waals surface area contributed by atoms with Gasteiger partial charge < -0.3 is 20.5 Å². The number of ether oxygens (including phenoxy) is 1. The van der Waals surface area contributed by atoms with Gasteiger partial charge in [0.2, 0.25) is 0 Å². The van der Waals surface area contributed by atoms with E-state index in [0.29, 0.717) is 29.7 Å². The van der Waals surface area contributed by atoms with E-state index in [1.165, 1.54) is 18.2 Å². The summed E-state index contributed by atoms with van der Waals surface area (Å²) >= 11 is 12.1. The molecule has 1 aliphatic rings. The van der Waals surface area contributed by atoms with Crippen LogP contribution in [-0.2, 0) is 4.74 Å². The third-order valence-corrected chi connectivity index (χ3v) is 5.01. The van der Waals surface area contributed by atoms with Crippen molar-refractivity contribution < 1.29 is 19.4 Å². The Morgan fingerprint density at radius 3 is 2.63 bits per heavy atom. The predicted octanol–water partition coefficient (Wildman–Crippen LogP) is 3.15. The van der Waals surface area contributed by atoms with Crippen LogP contribution >= 0.6 is 23.2 Å². The first-order chi connectivity index (χ1) is 13.0. The van der Waals surface area contributed by atoms with Crippen LogP contribution in [0.5, 0.6) is 0 Å². The van der Waals surface area contributed by atoms with Crippen molar-refractivity contribution in [1.82, 2.24) is 10.6 Å². The smallest absolute Gasteiger partial charge is 0.335 e. The number of hydrogen-bond donors (Lipinski definition) is 3. The van der Waals surface area contributed by atoms with Crippen LogP contribution in [0.15, 0.2) is 42.5 Å². The number of aromatic carboxylic acids is 1. The van der Waals surface area contributed by atoms with Crippen molar-refractivity contribution in [3.05, 3.63) is 69.2 Å². The van der Waals surface area contributed by atoms with Gasteiger partial charge in [0.15, 0.2) is 0 Å². The quantitative estimate of drug-likeness (QED) is 0.722. The molecule has 0 spiro atoms. The zero-order valence-electron chi connectivity index (χ0n) is 14.2. The van der Waals surface area contributed by atoms with E-state index in [1.807, 2.05) is 6.07 Å². The lowest BCUT2D eigenvalue weighted by atomic mass is 10.0. The maximum absolute atomic E-state index is 12.7. The van der Waals surface area contributed by atoms with Gasteiger partial charge in [-0.3, -0.25) is 4.79 Å². The summed E-state index contributed by atoms with van der Waals surface area (Å²) in [4.78, 5) is 23.8. The van der Waals surface area contributed by atoms with Crippen LogP contribution in [-0.4, -0.2) is 42.7 Å². The van der Waals surface area contributed by atoms with E-state index in [2.05, 4.69) is 10.6 Å². The second-order valence-corrected chi connectivity index (χ2v) is 6.95. The van der Waals surface area contributed by atoms with Crippen molar-refractivity contribution in [2.75, 3.05) is 19.7 Å². The van der Waals surface area contributed by atoms with E-state index < -0.39 is 12.1 Å². The third kappa shape index (κ3) is 4.78. The van der Waals surface area contributed by atoms with Crippen molar-refractivity contribution in [3.8, 4) is 0 Å². The monoisotopic (exact) mass is 408 g/mol. The maximum Gasteiger partial charge on any atom is 0.335 e. The molecule has 1 aliphatic heterocycles. The number of rotatable bonds is 4. The number of carboxylic acids is 1. The molecule has 0 aliphatic carbocycles. The molecule has 27 heavy (non-hydrogen) atoms. The van der Waals surface area contributed by atoms with Crippen LogP contribution in [0.1, 0.15) is 32.4 Å². The van der Waals surface area contributed by atoms with E-state index in [4.69, 9.17) is 33.0 Å². The topological polar surface area (TPSA) is 87.7 Å². The maximum atomic E-state index is 12.7. The largest absolute Gasteiger partial charge is 0.478 e. The summed E-state index contributed by atoms with van der Waals surface area (Å²) in [6, 6.07) is 10.8. The molecule has 2 atom stereocenters. The van der Waals surface area contributed by atoms with E-state index in [9.17, 15) is 9.59 Å². The molecule has 0 saturated carbocycles. The minimum Gasteiger partial charge on any atom is -0.478 e. The van der Waals surface area contributed by atoms with Crippen molar-refractivity contribution in [3.63, 3.8) is 0 Å². The minimum absolute atomic E-state index is 0.0546. The third-order valence-electron chi connectivity index (χ3n) is 4.27. The molecular formula is C19H18Cl2N2O4. The van der Waals surface area contributed by atoms with Crippen LogP contribution in [0.25, 0.3) is 0 Å². The molecule has 2 aromatic carbocycles.